The molecule has 2 atom stereocenters. The second-order valence-corrected chi connectivity index (χ2v) is 5.46. The average Bonchev–Trinajstić information content (AvgIpc) is 2.69. The molecule has 0 spiro atoms. The zero-order chi connectivity index (χ0) is 15.2. The number of rotatable bonds is 5. The van der Waals surface area contributed by atoms with Crippen molar-refractivity contribution in [1.29, 1.82) is 0 Å². The summed E-state index contributed by atoms with van der Waals surface area (Å²) >= 11 is 0. The molecule has 0 radical (unpaired) electrons. The zero-order valence-electron chi connectivity index (χ0n) is 12.2. The Kier molecular flexibility index (Phi) is 5.52. The van der Waals surface area contributed by atoms with Crippen LogP contribution in [-0.2, 0) is 6.54 Å². The maximum atomic E-state index is 11.0. The predicted octanol–water partition coefficient (Wildman–Crippen LogP) is 2.39. The molecule has 2 rings (SSSR count). The molecule has 0 heterocycles. The SMILES string of the molecule is COc1ccc(CNC2CCCCCC2O)cc1[N+](=O)[O-]. The lowest BCUT2D eigenvalue weighted by molar-refractivity contribution is -0.385. The number of nitro groups is 1. The topological polar surface area (TPSA) is 84.6 Å². The van der Waals surface area contributed by atoms with Crippen LogP contribution in [0.3, 0.4) is 0 Å². The van der Waals surface area contributed by atoms with E-state index in [0.717, 1.165) is 37.7 Å². The van der Waals surface area contributed by atoms with Crippen LogP contribution in [0.1, 0.15) is 37.7 Å². The molecule has 1 aliphatic rings. The van der Waals surface area contributed by atoms with Gasteiger partial charge in [-0.15, -0.1) is 0 Å². The van der Waals surface area contributed by atoms with E-state index in [1.807, 2.05) is 6.07 Å². The number of nitrogens with zero attached hydrogens (tertiary/aromatic N) is 1. The van der Waals surface area contributed by atoms with Gasteiger partial charge in [0.2, 0.25) is 0 Å². The fourth-order valence-electron chi connectivity index (χ4n) is 2.76. The smallest absolute Gasteiger partial charge is 0.311 e. The number of methoxy groups -OCH3 is 1. The molecule has 6 heteroatoms. The van der Waals surface area contributed by atoms with E-state index in [-0.39, 0.29) is 23.6 Å². The zero-order valence-corrected chi connectivity index (χ0v) is 12.2. The molecule has 1 fully saturated rings. The molecular weight excluding hydrogens is 272 g/mol. The summed E-state index contributed by atoms with van der Waals surface area (Å²) in [6.45, 7) is 0.507. The highest BCUT2D eigenvalue weighted by Crippen LogP contribution is 2.27. The van der Waals surface area contributed by atoms with Crippen LogP contribution >= 0.6 is 0 Å². The first-order chi connectivity index (χ1) is 10.1. The third-order valence-corrected chi connectivity index (χ3v) is 3.99. The maximum absolute atomic E-state index is 11.0. The highest BCUT2D eigenvalue weighted by molar-refractivity contribution is 5.48. The lowest BCUT2D eigenvalue weighted by Crippen LogP contribution is -2.38. The Morgan fingerprint density at radius 2 is 2.14 bits per heavy atom. The van der Waals surface area contributed by atoms with Crippen molar-refractivity contribution < 1.29 is 14.8 Å². The van der Waals surface area contributed by atoms with E-state index >= 15 is 0 Å². The first-order valence-electron chi connectivity index (χ1n) is 7.34. The molecule has 0 aliphatic heterocycles. The van der Waals surface area contributed by atoms with Crippen molar-refractivity contribution in [3.05, 3.63) is 33.9 Å². The van der Waals surface area contributed by atoms with E-state index in [1.165, 1.54) is 13.2 Å². The Morgan fingerprint density at radius 1 is 1.38 bits per heavy atom. The van der Waals surface area contributed by atoms with Crippen LogP contribution in [0.5, 0.6) is 5.75 Å². The molecular formula is C15H22N2O4. The predicted molar refractivity (Wildman–Crippen MR) is 79.4 cm³/mol. The molecule has 0 aromatic heterocycles. The van der Waals surface area contributed by atoms with Gasteiger partial charge in [0, 0.05) is 18.7 Å². The van der Waals surface area contributed by atoms with Crippen LogP contribution < -0.4 is 10.1 Å². The normalized spacial score (nSPS) is 22.6. The van der Waals surface area contributed by atoms with Crippen LogP contribution in [0.4, 0.5) is 5.69 Å². The van der Waals surface area contributed by atoms with E-state index in [1.54, 1.807) is 6.07 Å². The van der Waals surface area contributed by atoms with E-state index in [4.69, 9.17) is 4.74 Å². The van der Waals surface area contributed by atoms with Crippen molar-refractivity contribution in [2.24, 2.45) is 0 Å². The molecule has 0 amide bonds. The molecule has 21 heavy (non-hydrogen) atoms. The maximum Gasteiger partial charge on any atom is 0.311 e. The molecule has 1 aromatic carbocycles. The quantitative estimate of drug-likeness (QED) is 0.495. The molecule has 2 N–H and O–H groups in total. The third-order valence-electron chi connectivity index (χ3n) is 3.99. The van der Waals surface area contributed by atoms with Gasteiger partial charge in [0.1, 0.15) is 0 Å². The van der Waals surface area contributed by atoms with Gasteiger partial charge in [0.15, 0.2) is 5.75 Å². The van der Waals surface area contributed by atoms with Crippen molar-refractivity contribution in [2.75, 3.05) is 7.11 Å². The summed E-state index contributed by atoms with van der Waals surface area (Å²) in [5.41, 5.74) is 0.789. The van der Waals surface area contributed by atoms with Crippen molar-refractivity contribution in [3.8, 4) is 5.75 Å². The van der Waals surface area contributed by atoms with Crippen LogP contribution in [0.2, 0.25) is 0 Å². The summed E-state index contributed by atoms with van der Waals surface area (Å²) in [4.78, 5) is 10.6. The van der Waals surface area contributed by atoms with Crippen LogP contribution in [0, 0.1) is 10.1 Å². The fraction of sp³-hybridized carbons (Fsp3) is 0.600. The molecule has 1 saturated carbocycles. The van der Waals surface area contributed by atoms with Gasteiger partial charge in [0.05, 0.1) is 18.1 Å². The van der Waals surface area contributed by atoms with Gasteiger partial charge in [-0.3, -0.25) is 10.1 Å². The lowest BCUT2D eigenvalue weighted by atomic mass is 10.1. The third kappa shape index (κ3) is 4.15. The van der Waals surface area contributed by atoms with Crippen molar-refractivity contribution >= 4 is 5.69 Å². The summed E-state index contributed by atoms with van der Waals surface area (Å²) in [6, 6.07) is 5.00. The largest absolute Gasteiger partial charge is 0.490 e. The molecule has 1 aromatic rings. The van der Waals surface area contributed by atoms with Crippen LogP contribution in [0.25, 0.3) is 0 Å². The van der Waals surface area contributed by atoms with Gasteiger partial charge in [-0.25, -0.2) is 0 Å². The molecule has 2 unspecified atom stereocenters. The number of nitro benzene ring substituents is 1. The highest BCUT2D eigenvalue weighted by Gasteiger charge is 2.21. The summed E-state index contributed by atoms with van der Waals surface area (Å²) in [7, 11) is 1.42. The number of aliphatic hydroxyl groups is 1. The number of benzene rings is 1. The minimum atomic E-state index is -0.442. The average molecular weight is 294 g/mol. The van der Waals surface area contributed by atoms with Crippen LogP contribution in [0.15, 0.2) is 18.2 Å². The van der Waals surface area contributed by atoms with Crippen molar-refractivity contribution in [1.82, 2.24) is 5.32 Å². The van der Waals surface area contributed by atoms with E-state index in [9.17, 15) is 15.2 Å². The summed E-state index contributed by atoms with van der Waals surface area (Å²) in [5.74, 6) is 0.262. The van der Waals surface area contributed by atoms with Gasteiger partial charge in [-0.05, 0) is 24.5 Å². The Labute approximate surface area is 124 Å². The van der Waals surface area contributed by atoms with Gasteiger partial charge in [0.25, 0.3) is 0 Å². The first-order valence-corrected chi connectivity index (χ1v) is 7.34. The minimum Gasteiger partial charge on any atom is -0.490 e. The second-order valence-electron chi connectivity index (χ2n) is 5.46. The van der Waals surface area contributed by atoms with Gasteiger partial charge >= 0.3 is 5.69 Å². The number of nitrogens with one attached hydrogen (secondary N) is 1. The molecule has 6 nitrogen and oxygen atoms in total. The van der Waals surface area contributed by atoms with Crippen molar-refractivity contribution in [2.45, 2.75) is 50.8 Å². The molecule has 0 bridgehead atoms. The molecule has 1 aliphatic carbocycles. The molecule has 0 saturated heterocycles. The second kappa shape index (κ2) is 7.38. The Hall–Kier alpha value is -1.66. The van der Waals surface area contributed by atoms with E-state index < -0.39 is 4.92 Å². The highest BCUT2D eigenvalue weighted by atomic mass is 16.6. The van der Waals surface area contributed by atoms with Crippen molar-refractivity contribution in [3.63, 3.8) is 0 Å². The number of hydrogen-bond donors (Lipinski definition) is 2. The summed E-state index contributed by atoms with van der Waals surface area (Å²) in [5, 5.41) is 24.4. The standard InChI is InChI=1S/C15H22N2O4/c1-21-15-8-7-11(9-13(15)17(19)20)10-16-12-5-3-2-4-6-14(12)18/h7-9,12,14,16,18H,2-6,10H2,1H3. The van der Waals surface area contributed by atoms with Gasteiger partial charge in [-0.1, -0.05) is 25.3 Å². The summed E-state index contributed by atoms with van der Waals surface area (Å²) in [6.07, 6.45) is 4.76. The molecule has 116 valence electrons. The van der Waals surface area contributed by atoms with Gasteiger partial charge < -0.3 is 15.2 Å². The monoisotopic (exact) mass is 294 g/mol. The Morgan fingerprint density at radius 3 is 2.86 bits per heavy atom. The van der Waals surface area contributed by atoms with Crippen LogP contribution in [-0.4, -0.2) is 29.3 Å². The van der Waals surface area contributed by atoms with Gasteiger partial charge in [-0.2, -0.15) is 0 Å². The summed E-state index contributed by atoms with van der Waals surface area (Å²) < 4.78 is 4.99. The Bertz CT molecular complexity index is 493. The number of hydrogen-bond acceptors (Lipinski definition) is 5. The Balaban J connectivity index is 2.02. The first kappa shape index (κ1) is 15.7. The lowest BCUT2D eigenvalue weighted by Gasteiger charge is -2.21. The number of ether oxygens (including phenoxy) is 1. The number of aliphatic hydroxyl groups excluding tert-OH is 1. The van der Waals surface area contributed by atoms with E-state index in [0.29, 0.717) is 6.54 Å². The fourth-order valence-corrected chi connectivity index (χ4v) is 2.76. The minimum absolute atomic E-state index is 0.0294. The van der Waals surface area contributed by atoms with E-state index in [2.05, 4.69) is 5.32 Å².